The van der Waals surface area contributed by atoms with E-state index < -0.39 is 6.09 Å². The van der Waals surface area contributed by atoms with Crippen molar-refractivity contribution in [3.63, 3.8) is 0 Å². The molecule has 2 atom stereocenters. The zero-order valence-corrected chi connectivity index (χ0v) is 19.4. The van der Waals surface area contributed by atoms with Gasteiger partial charge in [0.1, 0.15) is 11.6 Å². The normalized spacial score (nSPS) is 20.6. The van der Waals surface area contributed by atoms with Crippen LogP contribution < -0.4 is 4.90 Å². The number of fused-ring (bicyclic) bond motifs is 1. The summed E-state index contributed by atoms with van der Waals surface area (Å²) >= 11 is 0. The van der Waals surface area contributed by atoms with Crippen LogP contribution in [0.1, 0.15) is 24.8 Å². The first-order valence-electron chi connectivity index (χ1n) is 11.9. The first-order valence-corrected chi connectivity index (χ1v) is 11.9. The number of piperidine rings is 1. The number of aromatic nitrogens is 2. The predicted molar refractivity (Wildman–Crippen MR) is 130 cm³/mol. The Morgan fingerprint density at radius 1 is 1.21 bits per heavy atom. The molecule has 5 rings (SSSR count). The number of rotatable bonds is 5. The molecule has 1 aromatic heterocycles. The van der Waals surface area contributed by atoms with Crippen LogP contribution in [-0.4, -0.2) is 70.1 Å². The van der Waals surface area contributed by atoms with Gasteiger partial charge in [-0.15, -0.1) is 0 Å². The van der Waals surface area contributed by atoms with E-state index in [0.717, 1.165) is 54.6 Å². The summed E-state index contributed by atoms with van der Waals surface area (Å²) in [7, 11) is 0. The Labute approximate surface area is 198 Å². The van der Waals surface area contributed by atoms with Crippen molar-refractivity contribution < 1.29 is 19.7 Å². The molecule has 1 amide bonds. The summed E-state index contributed by atoms with van der Waals surface area (Å²) in [5, 5.41) is 21.2. The van der Waals surface area contributed by atoms with Gasteiger partial charge in [-0.1, -0.05) is 18.2 Å². The van der Waals surface area contributed by atoms with E-state index in [0.29, 0.717) is 31.1 Å². The smallest absolute Gasteiger partial charge is 0.407 e. The minimum atomic E-state index is -0.877. The highest BCUT2D eigenvalue weighted by Gasteiger charge is 2.32. The molecular formula is C26H30N4O4. The molecule has 2 aliphatic heterocycles. The van der Waals surface area contributed by atoms with Crippen molar-refractivity contribution in [2.45, 2.75) is 32.2 Å². The van der Waals surface area contributed by atoms with Crippen molar-refractivity contribution in [2.75, 3.05) is 37.7 Å². The highest BCUT2D eigenvalue weighted by atomic mass is 16.5. The van der Waals surface area contributed by atoms with Gasteiger partial charge in [0, 0.05) is 31.6 Å². The van der Waals surface area contributed by atoms with E-state index in [9.17, 15) is 15.0 Å². The lowest BCUT2D eigenvalue weighted by atomic mass is 9.96. The third-order valence-electron chi connectivity index (χ3n) is 6.84. The SMILES string of the molecule is Cc1ccc2c(N3CCCC(CN(C(=O)O)C4CCOC4)C3)nc(-c3ccccc3O)nc2c1. The molecule has 3 aromatic rings. The number of hydrogen-bond acceptors (Lipinski definition) is 6. The third-order valence-corrected chi connectivity index (χ3v) is 6.84. The predicted octanol–water partition coefficient (Wildman–Crippen LogP) is 4.30. The van der Waals surface area contributed by atoms with Gasteiger partial charge in [0.15, 0.2) is 5.82 Å². The summed E-state index contributed by atoms with van der Waals surface area (Å²) in [6.07, 6.45) is 1.81. The number of phenols is 1. The van der Waals surface area contributed by atoms with Gasteiger partial charge in [-0.25, -0.2) is 14.8 Å². The van der Waals surface area contributed by atoms with Gasteiger partial charge in [0.2, 0.25) is 0 Å². The Morgan fingerprint density at radius 3 is 2.82 bits per heavy atom. The Bertz CT molecular complexity index is 1190. The Kier molecular flexibility index (Phi) is 6.24. The van der Waals surface area contributed by atoms with Crippen LogP contribution in [-0.2, 0) is 4.74 Å². The molecule has 0 radical (unpaired) electrons. The molecule has 2 unspecified atom stereocenters. The number of anilines is 1. The number of carboxylic acid groups (broad SMARTS) is 1. The lowest BCUT2D eigenvalue weighted by Crippen LogP contribution is -2.47. The van der Waals surface area contributed by atoms with Crippen LogP contribution in [0.2, 0.25) is 0 Å². The van der Waals surface area contributed by atoms with Crippen LogP contribution in [0.5, 0.6) is 5.75 Å². The second-order valence-corrected chi connectivity index (χ2v) is 9.32. The first kappa shape index (κ1) is 22.4. The Hall–Kier alpha value is -3.39. The lowest BCUT2D eigenvalue weighted by molar-refractivity contribution is 0.101. The standard InChI is InChI=1S/C26H30N4O4/c1-17-8-9-20-22(13-17)27-24(21-6-2-3-7-23(21)31)28-25(20)29-11-4-5-18(14-29)15-30(26(32)33)19-10-12-34-16-19/h2-3,6-9,13,18-19,31H,4-5,10-12,14-16H2,1H3,(H,32,33). The molecule has 0 saturated carbocycles. The minimum Gasteiger partial charge on any atom is -0.507 e. The number of aryl methyl sites for hydroxylation is 1. The number of para-hydroxylation sites is 1. The summed E-state index contributed by atoms with van der Waals surface area (Å²) in [6, 6.07) is 13.2. The van der Waals surface area contributed by atoms with Crippen molar-refractivity contribution in [2.24, 2.45) is 5.92 Å². The fraction of sp³-hybridized carbons (Fsp3) is 0.423. The molecular weight excluding hydrogens is 432 g/mol. The Balaban J connectivity index is 1.48. The van der Waals surface area contributed by atoms with E-state index in [4.69, 9.17) is 14.7 Å². The van der Waals surface area contributed by atoms with Gasteiger partial charge in [0.25, 0.3) is 0 Å². The summed E-state index contributed by atoms with van der Waals surface area (Å²) < 4.78 is 5.44. The fourth-order valence-electron chi connectivity index (χ4n) is 5.08. The molecule has 2 aliphatic rings. The zero-order chi connectivity index (χ0) is 23.7. The lowest BCUT2D eigenvalue weighted by Gasteiger charge is -2.37. The van der Waals surface area contributed by atoms with Gasteiger partial charge in [0.05, 0.1) is 23.7 Å². The number of amides is 1. The van der Waals surface area contributed by atoms with Crippen LogP contribution in [0.3, 0.4) is 0 Å². The number of ether oxygens (including phenoxy) is 1. The monoisotopic (exact) mass is 462 g/mol. The highest BCUT2D eigenvalue weighted by molar-refractivity contribution is 5.92. The molecule has 0 spiro atoms. The molecule has 8 heteroatoms. The van der Waals surface area contributed by atoms with E-state index in [2.05, 4.69) is 17.0 Å². The minimum absolute atomic E-state index is 0.0663. The first-order chi connectivity index (χ1) is 16.5. The van der Waals surface area contributed by atoms with Crippen molar-refractivity contribution in [1.29, 1.82) is 0 Å². The van der Waals surface area contributed by atoms with Crippen molar-refractivity contribution in [1.82, 2.24) is 14.9 Å². The number of benzene rings is 2. The van der Waals surface area contributed by atoms with Gasteiger partial charge in [-0.2, -0.15) is 0 Å². The third kappa shape index (κ3) is 4.50. The van der Waals surface area contributed by atoms with Gasteiger partial charge in [-0.05, 0) is 61.9 Å². The van der Waals surface area contributed by atoms with E-state index in [-0.39, 0.29) is 17.7 Å². The topological polar surface area (TPSA) is 99.0 Å². The van der Waals surface area contributed by atoms with Crippen LogP contribution in [0, 0.1) is 12.8 Å². The maximum Gasteiger partial charge on any atom is 0.407 e. The highest BCUT2D eigenvalue weighted by Crippen LogP contribution is 2.34. The molecule has 2 aromatic carbocycles. The summed E-state index contributed by atoms with van der Waals surface area (Å²) in [6.45, 7) is 5.18. The van der Waals surface area contributed by atoms with Crippen molar-refractivity contribution in [3.05, 3.63) is 48.0 Å². The Morgan fingerprint density at radius 2 is 2.06 bits per heavy atom. The maximum absolute atomic E-state index is 12.0. The van der Waals surface area contributed by atoms with Crippen molar-refractivity contribution in [3.8, 4) is 17.1 Å². The van der Waals surface area contributed by atoms with E-state index >= 15 is 0 Å². The average Bonchev–Trinajstić information content (AvgIpc) is 3.36. The largest absolute Gasteiger partial charge is 0.507 e. The second-order valence-electron chi connectivity index (χ2n) is 9.32. The summed E-state index contributed by atoms with van der Waals surface area (Å²) in [5.41, 5.74) is 2.53. The summed E-state index contributed by atoms with van der Waals surface area (Å²) in [4.78, 5) is 25.5. The van der Waals surface area contributed by atoms with Crippen LogP contribution in [0.15, 0.2) is 42.5 Å². The number of nitrogens with zero attached hydrogens (tertiary/aromatic N) is 4. The number of hydrogen-bond donors (Lipinski definition) is 2. The zero-order valence-electron chi connectivity index (χ0n) is 19.4. The molecule has 178 valence electrons. The molecule has 0 bridgehead atoms. The quantitative estimate of drug-likeness (QED) is 0.583. The molecule has 8 nitrogen and oxygen atoms in total. The number of carbonyl (C=O) groups is 1. The van der Waals surface area contributed by atoms with Crippen LogP contribution in [0.4, 0.5) is 10.6 Å². The second kappa shape index (κ2) is 9.46. The summed E-state index contributed by atoms with van der Waals surface area (Å²) in [5.74, 6) is 1.67. The number of phenolic OH excluding ortho intramolecular Hbond substituents is 1. The van der Waals surface area contributed by atoms with Gasteiger partial charge >= 0.3 is 6.09 Å². The van der Waals surface area contributed by atoms with Gasteiger partial charge in [-0.3, -0.25) is 0 Å². The number of aromatic hydroxyl groups is 1. The maximum atomic E-state index is 12.0. The van der Waals surface area contributed by atoms with Crippen LogP contribution in [0.25, 0.3) is 22.3 Å². The van der Waals surface area contributed by atoms with Crippen molar-refractivity contribution >= 4 is 22.8 Å². The average molecular weight is 463 g/mol. The van der Waals surface area contributed by atoms with E-state index in [1.54, 1.807) is 17.0 Å². The molecule has 3 heterocycles. The van der Waals surface area contributed by atoms with E-state index in [1.165, 1.54) is 0 Å². The molecule has 2 saturated heterocycles. The fourth-order valence-corrected chi connectivity index (χ4v) is 5.08. The van der Waals surface area contributed by atoms with Gasteiger partial charge < -0.3 is 24.7 Å². The molecule has 34 heavy (non-hydrogen) atoms. The molecule has 2 N–H and O–H groups in total. The molecule has 0 aliphatic carbocycles. The van der Waals surface area contributed by atoms with Crippen LogP contribution >= 0.6 is 0 Å². The molecule has 2 fully saturated rings. The van der Waals surface area contributed by atoms with E-state index in [1.807, 2.05) is 25.1 Å².